The van der Waals surface area contributed by atoms with Crippen LogP contribution < -0.4 is 4.90 Å². The first-order valence-corrected chi connectivity index (χ1v) is 10.1. The number of carbonyl (C=O) groups is 1. The number of hydrogen-bond acceptors (Lipinski definition) is 5. The molecule has 1 aromatic heterocycles. The standard InChI is InChI=1S/C23H21N3OS/c1-26(20-8-3-2-4-9-20)16-18-7-5-6-17(14-18)10-12-22(27)19-11-13-23-21(15-19)24-25-28-23/h2-9,11,13-15H,10,12,16H2,1H3. The van der Waals surface area contributed by atoms with Gasteiger partial charge in [-0.3, -0.25) is 4.79 Å². The van der Waals surface area contributed by atoms with Gasteiger partial charge in [0.25, 0.3) is 0 Å². The summed E-state index contributed by atoms with van der Waals surface area (Å²) in [5.74, 6) is 0.140. The van der Waals surface area contributed by atoms with E-state index in [0.717, 1.165) is 23.2 Å². The Bertz CT molecular complexity index is 1090. The summed E-state index contributed by atoms with van der Waals surface area (Å²) in [5.41, 5.74) is 5.12. The zero-order chi connectivity index (χ0) is 19.3. The lowest BCUT2D eigenvalue weighted by atomic mass is 10.0. The van der Waals surface area contributed by atoms with E-state index in [1.807, 2.05) is 36.4 Å². The smallest absolute Gasteiger partial charge is 0.163 e. The van der Waals surface area contributed by atoms with E-state index in [0.29, 0.717) is 12.0 Å². The first-order chi connectivity index (χ1) is 13.7. The Morgan fingerprint density at radius 2 is 1.79 bits per heavy atom. The van der Waals surface area contributed by atoms with Crippen LogP contribution in [0.25, 0.3) is 10.2 Å². The molecule has 0 aliphatic carbocycles. The molecule has 0 bridgehead atoms. The van der Waals surface area contributed by atoms with Crippen molar-refractivity contribution in [3.05, 3.63) is 89.5 Å². The van der Waals surface area contributed by atoms with Gasteiger partial charge in [-0.2, -0.15) is 0 Å². The first kappa shape index (κ1) is 18.3. The Labute approximate surface area is 168 Å². The lowest BCUT2D eigenvalue weighted by molar-refractivity contribution is 0.0983. The summed E-state index contributed by atoms with van der Waals surface area (Å²) < 4.78 is 4.93. The highest BCUT2D eigenvalue weighted by Crippen LogP contribution is 2.19. The third-order valence-electron chi connectivity index (χ3n) is 4.82. The molecule has 28 heavy (non-hydrogen) atoms. The summed E-state index contributed by atoms with van der Waals surface area (Å²) >= 11 is 1.35. The zero-order valence-corrected chi connectivity index (χ0v) is 16.5. The van der Waals surface area contributed by atoms with Gasteiger partial charge >= 0.3 is 0 Å². The van der Waals surface area contributed by atoms with E-state index >= 15 is 0 Å². The van der Waals surface area contributed by atoms with Crippen LogP contribution in [0.5, 0.6) is 0 Å². The molecule has 140 valence electrons. The molecule has 0 aliphatic rings. The van der Waals surface area contributed by atoms with E-state index in [1.54, 1.807) is 0 Å². The van der Waals surface area contributed by atoms with Gasteiger partial charge in [0, 0.05) is 31.3 Å². The third-order valence-corrected chi connectivity index (χ3v) is 5.52. The minimum absolute atomic E-state index is 0.140. The van der Waals surface area contributed by atoms with Crippen molar-refractivity contribution >= 4 is 33.2 Å². The van der Waals surface area contributed by atoms with E-state index in [2.05, 4.69) is 57.9 Å². The Balaban J connectivity index is 1.39. The van der Waals surface area contributed by atoms with Gasteiger partial charge in [0.05, 0.1) is 4.70 Å². The highest BCUT2D eigenvalue weighted by atomic mass is 32.1. The number of Topliss-reactive ketones (excluding diaryl/α,β-unsaturated/α-hetero) is 1. The molecular weight excluding hydrogens is 366 g/mol. The molecule has 4 nitrogen and oxygen atoms in total. The predicted molar refractivity (Wildman–Crippen MR) is 115 cm³/mol. The van der Waals surface area contributed by atoms with Gasteiger partial charge in [0.2, 0.25) is 0 Å². The van der Waals surface area contributed by atoms with Crippen molar-refractivity contribution in [1.29, 1.82) is 0 Å². The normalized spacial score (nSPS) is 10.9. The average molecular weight is 388 g/mol. The second kappa shape index (κ2) is 8.31. The van der Waals surface area contributed by atoms with Gasteiger partial charge in [-0.05, 0) is 59.4 Å². The Morgan fingerprint density at radius 1 is 0.964 bits per heavy atom. The maximum absolute atomic E-state index is 12.6. The van der Waals surface area contributed by atoms with Gasteiger partial charge in [-0.25, -0.2) is 0 Å². The average Bonchev–Trinajstić information content (AvgIpc) is 3.21. The van der Waals surface area contributed by atoms with Gasteiger partial charge in [0.15, 0.2) is 5.78 Å². The molecule has 0 amide bonds. The second-order valence-corrected chi connectivity index (χ2v) is 7.68. The van der Waals surface area contributed by atoms with Crippen molar-refractivity contribution in [2.75, 3.05) is 11.9 Å². The van der Waals surface area contributed by atoms with Crippen LogP contribution in [-0.4, -0.2) is 22.4 Å². The number of benzene rings is 3. The molecule has 0 unspecified atom stereocenters. The summed E-state index contributed by atoms with van der Waals surface area (Å²) in [6, 6.07) is 24.5. The third kappa shape index (κ3) is 4.26. The number of ketones is 1. The summed E-state index contributed by atoms with van der Waals surface area (Å²) in [4.78, 5) is 14.8. The first-order valence-electron chi connectivity index (χ1n) is 9.28. The summed E-state index contributed by atoms with van der Waals surface area (Å²) in [6.07, 6.45) is 1.22. The molecule has 1 heterocycles. The van der Waals surface area contributed by atoms with Crippen LogP contribution >= 0.6 is 11.5 Å². The second-order valence-electron chi connectivity index (χ2n) is 6.89. The topological polar surface area (TPSA) is 46.1 Å². The highest BCUT2D eigenvalue weighted by molar-refractivity contribution is 7.12. The molecule has 0 saturated heterocycles. The number of hydrogen-bond donors (Lipinski definition) is 0. The van der Waals surface area contributed by atoms with Crippen LogP contribution in [0.1, 0.15) is 27.9 Å². The number of aryl methyl sites for hydroxylation is 1. The van der Waals surface area contributed by atoms with E-state index in [9.17, 15) is 4.79 Å². The molecule has 0 saturated carbocycles. The summed E-state index contributed by atoms with van der Waals surface area (Å²) in [5, 5.41) is 4.06. The number of rotatable bonds is 7. The lowest BCUT2D eigenvalue weighted by Crippen LogP contribution is -2.16. The van der Waals surface area contributed by atoms with Gasteiger partial charge in [-0.1, -0.05) is 47.0 Å². The molecule has 0 aliphatic heterocycles. The molecule has 5 heteroatoms. The summed E-state index contributed by atoms with van der Waals surface area (Å²) in [7, 11) is 2.09. The molecule has 0 spiro atoms. The Kier molecular flexibility index (Phi) is 5.44. The molecule has 0 fully saturated rings. The molecule has 0 atom stereocenters. The van der Waals surface area contributed by atoms with Crippen molar-refractivity contribution in [1.82, 2.24) is 9.59 Å². The van der Waals surface area contributed by atoms with Gasteiger partial charge < -0.3 is 4.90 Å². The predicted octanol–water partition coefficient (Wildman–Crippen LogP) is 5.14. The number of para-hydroxylation sites is 1. The van der Waals surface area contributed by atoms with Crippen molar-refractivity contribution < 1.29 is 4.79 Å². The monoisotopic (exact) mass is 387 g/mol. The summed E-state index contributed by atoms with van der Waals surface area (Å²) in [6.45, 7) is 0.833. The molecule has 4 rings (SSSR count). The fourth-order valence-corrected chi connectivity index (χ4v) is 3.83. The number of anilines is 1. The van der Waals surface area contributed by atoms with Gasteiger partial charge in [-0.15, -0.1) is 5.10 Å². The van der Waals surface area contributed by atoms with E-state index in [1.165, 1.54) is 28.3 Å². The largest absolute Gasteiger partial charge is 0.370 e. The van der Waals surface area contributed by atoms with E-state index in [4.69, 9.17) is 0 Å². The van der Waals surface area contributed by atoms with Crippen molar-refractivity contribution in [3.63, 3.8) is 0 Å². The molecular formula is C23H21N3OS. The van der Waals surface area contributed by atoms with Crippen molar-refractivity contribution in [2.24, 2.45) is 0 Å². The maximum atomic E-state index is 12.6. The van der Waals surface area contributed by atoms with Crippen LogP contribution in [0.3, 0.4) is 0 Å². The van der Waals surface area contributed by atoms with Crippen molar-refractivity contribution in [3.8, 4) is 0 Å². The maximum Gasteiger partial charge on any atom is 0.163 e. The minimum Gasteiger partial charge on any atom is -0.370 e. The Morgan fingerprint density at radius 3 is 2.64 bits per heavy atom. The van der Waals surface area contributed by atoms with Crippen LogP contribution in [0.2, 0.25) is 0 Å². The highest BCUT2D eigenvalue weighted by Gasteiger charge is 2.09. The fraction of sp³-hybridized carbons (Fsp3) is 0.174. The SMILES string of the molecule is CN(Cc1cccc(CCC(=O)c2ccc3snnc3c2)c1)c1ccccc1. The Hall–Kier alpha value is -3.05. The van der Waals surface area contributed by atoms with E-state index < -0.39 is 0 Å². The van der Waals surface area contributed by atoms with E-state index in [-0.39, 0.29) is 5.78 Å². The number of carbonyl (C=O) groups excluding carboxylic acids is 1. The van der Waals surface area contributed by atoms with Crippen molar-refractivity contribution in [2.45, 2.75) is 19.4 Å². The fourth-order valence-electron chi connectivity index (χ4n) is 3.29. The minimum atomic E-state index is 0.140. The van der Waals surface area contributed by atoms with Crippen LogP contribution in [0.4, 0.5) is 5.69 Å². The van der Waals surface area contributed by atoms with Crippen LogP contribution in [-0.2, 0) is 13.0 Å². The molecule has 0 N–H and O–H groups in total. The quantitative estimate of drug-likeness (QED) is 0.412. The number of fused-ring (bicyclic) bond motifs is 1. The zero-order valence-electron chi connectivity index (χ0n) is 15.7. The number of aromatic nitrogens is 2. The van der Waals surface area contributed by atoms with Gasteiger partial charge in [0.1, 0.15) is 5.52 Å². The molecule has 0 radical (unpaired) electrons. The number of nitrogens with zero attached hydrogens (tertiary/aromatic N) is 3. The van der Waals surface area contributed by atoms with Crippen LogP contribution in [0.15, 0.2) is 72.8 Å². The van der Waals surface area contributed by atoms with Crippen LogP contribution in [0, 0.1) is 0 Å². The molecule has 3 aromatic carbocycles. The lowest BCUT2D eigenvalue weighted by Gasteiger charge is -2.19. The molecule has 4 aromatic rings.